The van der Waals surface area contributed by atoms with Crippen LogP contribution in [0.5, 0.6) is 0 Å². The molecular weight excluding hydrogens is 314 g/mol. The molecule has 2 N–H and O–H groups in total. The maximum atomic E-state index is 12.7. The summed E-state index contributed by atoms with van der Waals surface area (Å²) in [5.74, 6) is -0.0523. The summed E-state index contributed by atoms with van der Waals surface area (Å²) < 4.78 is 5.05. The zero-order valence-electron chi connectivity index (χ0n) is 13.1. The average molecular weight is 333 g/mol. The van der Waals surface area contributed by atoms with Crippen LogP contribution in [-0.2, 0) is 9.53 Å². The summed E-state index contributed by atoms with van der Waals surface area (Å²) in [6.07, 6.45) is 2.01. The Balaban J connectivity index is 1.89. The summed E-state index contributed by atoms with van der Waals surface area (Å²) >= 11 is 1.65. The van der Waals surface area contributed by atoms with Crippen LogP contribution in [0.3, 0.4) is 0 Å². The summed E-state index contributed by atoms with van der Waals surface area (Å²) in [5.41, 5.74) is 2.22. The molecule has 0 fully saturated rings. The molecule has 0 unspecified atom stereocenters. The lowest BCUT2D eigenvalue weighted by molar-refractivity contribution is -0.126. The highest BCUT2D eigenvalue weighted by atomic mass is 32.2. The van der Waals surface area contributed by atoms with Gasteiger partial charge in [0.1, 0.15) is 0 Å². The number of hydrogen-bond donors (Lipinski definition) is 2. The quantitative estimate of drug-likeness (QED) is 0.801. The van der Waals surface area contributed by atoms with Gasteiger partial charge in [0.05, 0.1) is 30.5 Å². The summed E-state index contributed by atoms with van der Waals surface area (Å²) in [7, 11) is 1.60. The van der Waals surface area contributed by atoms with Gasteiger partial charge in [0.2, 0.25) is 0 Å². The summed E-state index contributed by atoms with van der Waals surface area (Å²) in [6.45, 7) is 1.40. The van der Waals surface area contributed by atoms with Crippen LogP contribution in [0, 0.1) is 0 Å². The predicted molar refractivity (Wildman–Crippen MR) is 88.1 cm³/mol. The van der Waals surface area contributed by atoms with E-state index in [4.69, 9.17) is 4.74 Å². The lowest BCUT2D eigenvalue weighted by Gasteiger charge is -2.25. The molecule has 1 atom stereocenters. The maximum absolute atomic E-state index is 12.7. The number of carbonyl (C=O) groups excluding carboxylic acids is 2. The van der Waals surface area contributed by atoms with Crippen LogP contribution in [0.25, 0.3) is 0 Å². The average Bonchev–Trinajstić information content (AvgIpc) is 2.88. The first-order valence-corrected chi connectivity index (χ1v) is 8.59. The number of thioether (sulfide) groups is 1. The molecule has 6 nitrogen and oxygen atoms in total. The fourth-order valence-electron chi connectivity index (χ4n) is 2.86. The Morgan fingerprint density at radius 3 is 2.70 bits per heavy atom. The lowest BCUT2D eigenvalue weighted by atomic mass is 9.96. The second-order valence-electron chi connectivity index (χ2n) is 5.42. The van der Waals surface area contributed by atoms with Crippen LogP contribution < -0.4 is 10.6 Å². The van der Waals surface area contributed by atoms with Gasteiger partial charge in [-0.25, -0.2) is 4.79 Å². The number of ether oxygens (including phenoxy) is 1. The van der Waals surface area contributed by atoms with Gasteiger partial charge < -0.3 is 20.3 Å². The summed E-state index contributed by atoms with van der Waals surface area (Å²) in [5, 5.41) is 5.61. The number of urea groups is 1. The third-order valence-corrected chi connectivity index (χ3v) is 4.78. The highest BCUT2D eigenvalue weighted by molar-refractivity contribution is 7.98. The SMILES string of the molecule is COCCN1CC2=C(C1=O)[C@H](c1ccc(SC)cc1)NC(=O)N2. The van der Waals surface area contributed by atoms with Crippen molar-refractivity contribution in [3.8, 4) is 0 Å². The topological polar surface area (TPSA) is 70.7 Å². The van der Waals surface area contributed by atoms with E-state index in [1.165, 1.54) is 0 Å². The predicted octanol–water partition coefficient (Wildman–Crippen LogP) is 1.51. The molecule has 0 spiro atoms. The molecule has 2 heterocycles. The first kappa shape index (κ1) is 15.9. The highest BCUT2D eigenvalue weighted by Crippen LogP contribution is 2.33. The van der Waals surface area contributed by atoms with Gasteiger partial charge in [-0.1, -0.05) is 12.1 Å². The molecule has 0 aromatic heterocycles. The van der Waals surface area contributed by atoms with E-state index in [1.807, 2.05) is 30.5 Å². The zero-order valence-corrected chi connectivity index (χ0v) is 13.9. The number of methoxy groups -OCH3 is 1. The van der Waals surface area contributed by atoms with E-state index in [-0.39, 0.29) is 11.9 Å². The molecule has 23 heavy (non-hydrogen) atoms. The van der Waals surface area contributed by atoms with Crippen molar-refractivity contribution in [3.05, 3.63) is 41.1 Å². The molecule has 2 aliphatic rings. The summed E-state index contributed by atoms with van der Waals surface area (Å²) in [6, 6.07) is 7.22. The van der Waals surface area contributed by atoms with Crippen LogP contribution in [0.2, 0.25) is 0 Å². The molecule has 0 radical (unpaired) electrons. The molecule has 7 heteroatoms. The van der Waals surface area contributed by atoms with Crippen molar-refractivity contribution >= 4 is 23.7 Å². The van der Waals surface area contributed by atoms with Crippen molar-refractivity contribution < 1.29 is 14.3 Å². The second kappa shape index (κ2) is 6.64. The van der Waals surface area contributed by atoms with Crippen molar-refractivity contribution in [1.82, 2.24) is 15.5 Å². The third-order valence-electron chi connectivity index (χ3n) is 4.03. The molecule has 0 aliphatic carbocycles. The van der Waals surface area contributed by atoms with Gasteiger partial charge in [0, 0.05) is 18.6 Å². The van der Waals surface area contributed by atoms with E-state index in [0.717, 1.165) is 10.5 Å². The van der Waals surface area contributed by atoms with Gasteiger partial charge in [0.25, 0.3) is 5.91 Å². The minimum Gasteiger partial charge on any atom is -0.383 e. The van der Waals surface area contributed by atoms with Crippen LogP contribution in [0.1, 0.15) is 11.6 Å². The number of benzene rings is 1. The fourth-order valence-corrected chi connectivity index (χ4v) is 3.26. The van der Waals surface area contributed by atoms with Crippen LogP contribution in [0.4, 0.5) is 4.79 Å². The monoisotopic (exact) mass is 333 g/mol. The van der Waals surface area contributed by atoms with E-state index in [0.29, 0.717) is 31.0 Å². The van der Waals surface area contributed by atoms with Crippen molar-refractivity contribution in [2.75, 3.05) is 33.1 Å². The van der Waals surface area contributed by atoms with E-state index >= 15 is 0 Å². The molecule has 3 rings (SSSR count). The zero-order chi connectivity index (χ0) is 16.4. The Kier molecular flexibility index (Phi) is 4.58. The molecule has 3 amide bonds. The first-order valence-electron chi connectivity index (χ1n) is 7.36. The Morgan fingerprint density at radius 1 is 1.30 bits per heavy atom. The van der Waals surface area contributed by atoms with Gasteiger partial charge in [-0.15, -0.1) is 11.8 Å². The molecule has 2 aliphatic heterocycles. The van der Waals surface area contributed by atoms with Crippen molar-refractivity contribution in [3.63, 3.8) is 0 Å². The van der Waals surface area contributed by atoms with Gasteiger partial charge in [-0.3, -0.25) is 4.79 Å². The third kappa shape index (κ3) is 3.07. The Labute approximate surface area is 139 Å². The lowest BCUT2D eigenvalue weighted by Crippen LogP contribution is -2.44. The standard InChI is InChI=1S/C16H19N3O3S/c1-22-8-7-19-9-12-13(15(19)20)14(18-16(21)17-12)10-3-5-11(23-2)6-4-10/h3-6,14H,7-9H2,1-2H3,(H2,17,18,21)/t14-/m0/s1. The van der Waals surface area contributed by atoms with Crippen LogP contribution in [-0.4, -0.2) is 49.9 Å². The Hall–Kier alpha value is -1.99. The van der Waals surface area contributed by atoms with Gasteiger partial charge in [0.15, 0.2) is 0 Å². The number of rotatable bonds is 5. The minimum absolute atomic E-state index is 0.0523. The minimum atomic E-state index is -0.408. The number of amides is 3. The molecule has 0 bridgehead atoms. The molecule has 1 aromatic rings. The van der Waals surface area contributed by atoms with Crippen LogP contribution in [0.15, 0.2) is 40.4 Å². The van der Waals surface area contributed by atoms with Gasteiger partial charge in [-0.05, 0) is 24.0 Å². The van der Waals surface area contributed by atoms with Crippen molar-refractivity contribution in [2.24, 2.45) is 0 Å². The molecule has 1 aromatic carbocycles. The second-order valence-corrected chi connectivity index (χ2v) is 6.30. The smallest absolute Gasteiger partial charge is 0.319 e. The van der Waals surface area contributed by atoms with E-state index in [2.05, 4.69) is 10.6 Å². The Bertz CT molecular complexity index is 657. The molecule has 0 saturated heterocycles. The summed E-state index contributed by atoms with van der Waals surface area (Å²) in [4.78, 5) is 27.4. The van der Waals surface area contributed by atoms with Crippen LogP contribution >= 0.6 is 11.8 Å². The first-order chi connectivity index (χ1) is 11.1. The van der Waals surface area contributed by atoms with E-state index < -0.39 is 6.04 Å². The molecule has 122 valence electrons. The molecule has 0 saturated carbocycles. The van der Waals surface area contributed by atoms with E-state index in [9.17, 15) is 9.59 Å². The number of nitrogens with one attached hydrogen (secondary N) is 2. The van der Waals surface area contributed by atoms with Crippen molar-refractivity contribution in [1.29, 1.82) is 0 Å². The number of carbonyl (C=O) groups is 2. The maximum Gasteiger partial charge on any atom is 0.319 e. The Morgan fingerprint density at radius 2 is 2.04 bits per heavy atom. The van der Waals surface area contributed by atoms with Gasteiger partial charge in [-0.2, -0.15) is 0 Å². The fraction of sp³-hybridized carbons (Fsp3) is 0.375. The normalized spacial score (nSPS) is 20.4. The van der Waals surface area contributed by atoms with Crippen molar-refractivity contribution in [2.45, 2.75) is 10.9 Å². The van der Waals surface area contributed by atoms with E-state index in [1.54, 1.807) is 23.8 Å². The number of hydrogen-bond acceptors (Lipinski definition) is 4. The number of nitrogens with zero attached hydrogens (tertiary/aromatic N) is 1. The highest BCUT2D eigenvalue weighted by Gasteiger charge is 2.40. The molecular formula is C16H19N3O3S. The largest absolute Gasteiger partial charge is 0.383 e. The van der Waals surface area contributed by atoms with Gasteiger partial charge >= 0.3 is 6.03 Å².